The molecule has 0 heterocycles. The fourth-order valence-electron chi connectivity index (χ4n) is 1.79. The molecule has 0 saturated heterocycles. The number of rotatable bonds is 4. The summed E-state index contributed by atoms with van der Waals surface area (Å²) in [5, 5.41) is 0. The molecule has 1 aromatic carbocycles. The van der Waals surface area contributed by atoms with Gasteiger partial charge in [-0.2, -0.15) is 0 Å². The molecular formula is C14H20N2O2. The normalized spacial score (nSPS) is 12.3. The van der Waals surface area contributed by atoms with Crippen LogP contribution in [-0.2, 0) is 4.79 Å². The van der Waals surface area contributed by atoms with Gasteiger partial charge in [-0.05, 0) is 37.1 Å². The van der Waals surface area contributed by atoms with Crippen molar-refractivity contribution in [2.45, 2.75) is 33.7 Å². The topological polar surface area (TPSA) is 63.4 Å². The molecule has 4 nitrogen and oxygen atoms in total. The standard InChI is InChI=1S/C14H20N2O2/c1-9(2)10(3)16(11(4)17)13-7-5-12(6-8-13)14(15)18/h5-10H,1-4H3,(H2,15,18). The van der Waals surface area contributed by atoms with Crippen LogP contribution in [-0.4, -0.2) is 17.9 Å². The molecule has 0 fully saturated rings. The first-order valence-corrected chi connectivity index (χ1v) is 6.04. The Balaban J connectivity index is 3.07. The summed E-state index contributed by atoms with van der Waals surface area (Å²) in [6.45, 7) is 7.69. The fraction of sp³-hybridized carbons (Fsp3) is 0.429. The van der Waals surface area contributed by atoms with Crippen LogP contribution >= 0.6 is 0 Å². The lowest BCUT2D eigenvalue weighted by Crippen LogP contribution is -2.40. The quantitative estimate of drug-likeness (QED) is 0.887. The molecule has 1 rings (SSSR count). The van der Waals surface area contributed by atoms with Crippen molar-refractivity contribution in [3.8, 4) is 0 Å². The van der Waals surface area contributed by atoms with Crippen LogP contribution in [0.2, 0.25) is 0 Å². The lowest BCUT2D eigenvalue weighted by atomic mass is 10.0. The number of benzene rings is 1. The van der Waals surface area contributed by atoms with Crippen molar-refractivity contribution in [2.24, 2.45) is 11.7 Å². The Morgan fingerprint density at radius 2 is 1.61 bits per heavy atom. The molecule has 1 unspecified atom stereocenters. The van der Waals surface area contributed by atoms with E-state index in [9.17, 15) is 9.59 Å². The molecule has 98 valence electrons. The van der Waals surface area contributed by atoms with E-state index in [-0.39, 0.29) is 11.9 Å². The third-order valence-electron chi connectivity index (χ3n) is 3.14. The van der Waals surface area contributed by atoms with Crippen molar-refractivity contribution < 1.29 is 9.59 Å². The van der Waals surface area contributed by atoms with E-state index in [4.69, 9.17) is 5.73 Å². The van der Waals surface area contributed by atoms with Gasteiger partial charge in [0.25, 0.3) is 0 Å². The molecule has 0 aromatic heterocycles. The summed E-state index contributed by atoms with van der Waals surface area (Å²) < 4.78 is 0. The van der Waals surface area contributed by atoms with Crippen molar-refractivity contribution in [3.63, 3.8) is 0 Å². The van der Waals surface area contributed by atoms with Gasteiger partial charge in [-0.1, -0.05) is 13.8 Å². The number of nitrogens with zero attached hydrogens (tertiary/aromatic N) is 1. The molecule has 0 aliphatic heterocycles. The highest BCUT2D eigenvalue weighted by Gasteiger charge is 2.21. The number of carbonyl (C=O) groups excluding carboxylic acids is 2. The molecule has 2 amide bonds. The average molecular weight is 248 g/mol. The Bertz CT molecular complexity index is 438. The SMILES string of the molecule is CC(=O)N(c1ccc(C(N)=O)cc1)C(C)C(C)C. The lowest BCUT2D eigenvalue weighted by Gasteiger charge is -2.31. The molecule has 0 bridgehead atoms. The van der Waals surface area contributed by atoms with Gasteiger partial charge in [0.2, 0.25) is 11.8 Å². The summed E-state index contributed by atoms with van der Waals surface area (Å²) in [5.41, 5.74) is 6.42. The molecule has 0 aliphatic carbocycles. The Morgan fingerprint density at radius 3 is 1.94 bits per heavy atom. The maximum absolute atomic E-state index is 11.7. The van der Waals surface area contributed by atoms with Crippen LogP contribution in [0.15, 0.2) is 24.3 Å². The fourth-order valence-corrected chi connectivity index (χ4v) is 1.79. The lowest BCUT2D eigenvalue weighted by molar-refractivity contribution is -0.117. The predicted octanol–water partition coefficient (Wildman–Crippen LogP) is 2.18. The van der Waals surface area contributed by atoms with Gasteiger partial charge in [-0.25, -0.2) is 0 Å². The van der Waals surface area contributed by atoms with Crippen LogP contribution in [0.5, 0.6) is 0 Å². The smallest absolute Gasteiger partial charge is 0.248 e. The van der Waals surface area contributed by atoms with E-state index in [1.807, 2.05) is 6.92 Å². The zero-order valence-electron chi connectivity index (χ0n) is 11.3. The van der Waals surface area contributed by atoms with Crippen molar-refractivity contribution >= 4 is 17.5 Å². The second-order valence-electron chi connectivity index (χ2n) is 4.78. The van der Waals surface area contributed by atoms with Crippen LogP contribution in [0.25, 0.3) is 0 Å². The van der Waals surface area contributed by atoms with Crippen LogP contribution < -0.4 is 10.6 Å². The molecule has 1 atom stereocenters. The average Bonchev–Trinajstić information content (AvgIpc) is 2.29. The zero-order valence-corrected chi connectivity index (χ0v) is 11.3. The second-order valence-corrected chi connectivity index (χ2v) is 4.78. The molecule has 0 saturated carbocycles. The zero-order chi connectivity index (χ0) is 13.9. The molecule has 2 N–H and O–H groups in total. The van der Waals surface area contributed by atoms with E-state index in [1.54, 1.807) is 36.1 Å². The Morgan fingerprint density at radius 1 is 1.11 bits per heavy atom. The van der Waals surface area contributed by atoms with Crippen molar-refractivity contribution in [1.82, 2.24) is 0 Å². The molecule has 0 aliphatic rings. The third kappa shape index (κ3) is 3.09. The predicted molar refractivity (Wildman–Crippen MR) is 72.4 cm³/mol. The van der Waals surface area contributed by atoms with E-state index in [0.29, 0.717) is 11.5 Å². The van der Waals surface area contributed by atoms with E-state index < -0.39 is 5.91 Å². The van der Waals surface area contributed by atoms with Crippen molar-refractivity contribution in [3.05, 3.63) is 29.8 Å². The first kappa shape index (κ1) is 14.2. The molecule has 0 radical (unpaired) electrons. The first-order valence-electron chi connectivity index (χ1n) is 6.04. The van der Waals surface area contributed by atoms with E-state index >= 15 is 0 Å². The number of primary amides is 1. The van der Waals surface area contributed by atoms with Crippen LogP contribution in [0.3, 0.4) is 0 Å². The third-order valence-corrected chi connectivity index (χ3v) is 3.14. The number of amides is 2. The van der Waals surface area contributed by atoms with E-state index in [0.717, 1.165) is 5.69 Å². The van der Waals surface area contributed by atoms with Crippen LogP contribution in [0, 0.1) is 5.92 Å². The number of anilines is 1. The minimum atomic E-state index is -0.465. The maximum Gasteiger partial charge on any atom is 0.248 e. The van der Waals surface area contributed by atoms with E-state index in [1.165, 1.54) is 0 Å². The Labute approximate surface area is 108 Å². The van der Waals surface area contributed by atoms with Gasteiger partial charge in [-0.15, -0.1) is 0 Å². The summed E-state index contributed by atoms with van der Waals surface area (Å²) in [4.78, 5) is 24.5. The van der Waals surface area contributed by atoms with Gasteiger partial charge in [-0.3, -0.25) is 9.59 Å². The van der Waals surface area contributed by atoms with Gasteiger partial charge in [0, 0.05) is 24.2 Å². The van der Waals surface area contributed by atoms with E-state index in [2.05, 4.69) is 13.8 Å². The highest BCUT2D eigenvalue weighted by molar-refractivity contribution is 5.95. The highest BCUT2D eigenvalue weighted by atomic mass is 16.2. The summed E-state index contributed by atoms with van der Waals surface area (Å²) in [7, 11) is 0. The van der Waals surface area contributed by atoms with Gasteiger partial charge in [0.1, 0.15) is 0 Å². The molecule has 0 spiro atoms. The minimum Gasteiger partial charge on any atom is -0.366 e. The molecular weight excluding hydrogens is 228 g/mol. The Kier molecular flexibility index (Phi) is 4.48. The molecule has 4 heteroatoms. The highest BCUT2D eigenvalue weighted by Crippen LogP contribution is 2.21. The summed E-state index contributed by atoms with van der Waals surface area (Å²) in [5.74, 6) is -0.124. The van der Waals surface area contributed by atoms with Gasteiger partial charge < -0.3 is 10.6 Å². The second kappa shape index (κ2) is 5.67. The summed E-state index contributed by atoms with van der Waals surface area (Å²) in [6, 6.07) is 6.88. The number of nitrogens with two attached hydrogens (primary N) is 1. The summed E-state index contributed by atoms with van der Waals surface area (Å²) >= 11 is 0. The summed E-state index contributed by atoms with van der Waals surface area (Å²) in [6.07, 6.45) is 0. The van der Waals surface area contributed by atoms with Crippen molar-refractivity contribution in [2.75, 3.05) is 4.90 Å². The molecule has 18 heavy (non-hydrogen) atoms. The number of hydrogen-bond donors (Lipinski definition) is 1. The number of hydrogen-bond acceptors (Lipinski definition) is 2. The Hall–Kier alpha value is -1.84. The van der Waals surface area contributed by atoms with Crippen LogP contribution in [0.4, 0.5) is 5.69 Å². The van der Waals surface area contributed by atoms with Gasteiger partial charge >= 0.3 is 0 Å². The minimum absolute atomic E-state index is 0.0111. The van der Waals surface area contributed by atoms with Gasteiger partial charge in [0.15, 0.2) is 0 Å². The van der Waals surface area contributed by atoms with Crippen LogP contribution in [0.1, 0.15) is 38.1 Å². The first-order chi connectivity index (χ1) is 8.34. The maximum atomic E-state index is 11.7. The largest absolute Gasteiger partial charge is 0.366 e. The number of carbonyl (C=O) groups is 2. The molecule has 1 aromatic rings. The van der Waals surface area contributed by atoms with Gasteiger partial charge in [0.05, 0.1) is 0 Å². The van der Waals surface area contributed by atoms with Crippen molar-refractivity contribution in [1.29, 1.82) is 0 Å². The monoisotopic (exact) mass is 248 g/mol.